The van der Waals surface area contributed by atoms with Gasteiger partial charge in [-0.3, -0.25) is 4.18 Å². The van der Waals surface area contributed by atoms with Crippen LogP contribution in [0.15, 0.2) is 29.2 Å². The lowest BCUT2D eigenvalue weighted by atomic mass is 9.88. The maximum atomic E-state index is 12.4. The monoisotopic (exact) mass is 398 g/mol. The minimum absolute atomic E-state index is 0.217. The molecule has 0 spiro atoms. The Balaban J connectivity index is 1.85. The summed E-state index contributed by atoms with van der Waals surface area (Å²) < 4.78 is 36.7. The molecule has 1 aliphatic carbocycles. The summed E-state index contributed by atoms with van der Waals surface area (Å²) in [5, 5.41) is 0.217. The molecular formula is C20H34O4SSi. The van der Waals surface area contributed by atoms with Gasteiger partial charge in [-0.2, -0.15) is 8.42 Å². The molecule has 0 aliphatic heterocycles. The molecule has 2 rings (SSSR count). The molecule has 1 aliphatic rings. The molecule has 1 aromatic rings. The molecule has 6 heteroatoms. The minimum Gasteiger partial charge on any atom is -0.414 e. The molecule has 0 radical (unpaired) electrons. The van der Waals surface area contributed by atoms with E-state index in [-0.39, 0.29) is 22.5 Å². The van der Waals surface area contributed by atoms with E-state index >= 15 is 0 Å². The molecule has 0 bridgehead atoms. The Labute approximate surface area is 160 Å². The van der Waals surface area contributed by atoms with Crippen LogP contribution in [0.5, 0.6) is 0 Å². The maximum absolute atomic E-state index is 12.4. The van der Waals surface area contributed by atoms with Gasteiger partial charge in [-0.25, -0.2) is 0 Å². The van der Waals surface area contributed by atoms with Crippen molar-refractivity contribution >= 4 is 18.4 Å². The molecule has 1 fully saturated rings. The fraction of sp³-hybridized carbons (Fsp3) is 0.700. The second kappa shape index (κ2) is 8.13. The smallest absolute Gasteiger partial charge is 0.297 e. The topological polar surface area (TPSA) is 52.6 Å². The van der Waals surface area contributed by atoms with Crippen molar-refractivity contribution in [2.24, 2.45) is 5.92 Å². The third-order valence-corrected chi connectivity index (χ3v) is 11.9. The molecule has 0 unspecified atom stereocenters. The van der Waals surface area contributed by atoms with Gasteiger partial charge in [-0.15, -0.1) is 0 Å². The summed E-state index contributed by atoms with van der Waals surface area (Å²) in [6.07, 6.45) is 4.21. The van der Waals surface area contributed by atoms with Crippen molar-refractivity contribution in [3.8, 4) is 0 Å². The normalized spacial score (nSPS) is 22.4. The van der Waals surface area contributed by atoms with E-state index in [2.05, 4.69) is 33.9 Å². The molecular weight excluding hydrogens is 364 g/mol. The number of hydrogen-bond donors (Lipinski definition) is 0. The first kappa shape index (κ1) is 21.6. The SMILES string of the molecule is Cc1ccccc1S(=O)(=O)OCC1CCC(O[Si](C)(C)C(C)(C)C)CC1. The lowest BCUT2D eigenvalue weighted by molar-refractivity contribution is 0.0999. The minimum atomic E-state index is -3.68. The van der Waals surface area contributed by atoms with Crippen molar-refractivity contribution in [1.29, 1.82) is 0 Å². The van der Waals surface area contributed by atoms with Gasteiger partial charge in [0.05, 0.1) is 11.5 Å². The molecule has 0 heterocycles. The van der Waals surface area contributed by atoms with E-state index in [0.717, 1.165) is 31.2 Å². The fourth-order valence-corrected chi connectivity index (χ4v) is 5.72. The molecule has 1 aromatic carbocycles. The van der Waals surface area contributed by atoms with Crippen LogP contribution in [0, 0.1) is 12.8 Å². The van der Waals surface area contributed by atoms with Gasteiger partial charge in [0.25, 0.3) is 10.1 Å². The number of benzene rings is 1. The highest BCUT2D eigenvalue weighted by molar-refractivity contribution is 7.86. The van der Waals surface area contributed by atoms with Gasteiger partial charge < -0.3 is 4.43 Å². The summed E-state index contributed by atoms with van der Waals surface area (Å²) in [7, 11) is -5.42. The first-order chi connectivity index (χ1) is 11.9. The standard InChI is InChI=1S/C20H34O4SSi/c1-16-9-7-8-10-19(16)25(21,22)23-15-17-11-13-18(14-12-17)24-26(5,6)20(2,3)4/h7-10,17-18H,11-15H2,1-6H3. The van der Waals surface area contributed by atoms with Crippen LogP contribution in [0.1, 0.15) is 52.0 Å². The summed E-state index contributed by atoms with van der Waals surface area (Å²) in [4.78, 5) is 0.273. The first-order valence-electron chi connectivity index (χ1n) is 9.55. The van der Waals surface area contributed by atoms with Crippen LogP contribution in [-0.4, -0.2) is 29.4 Å². The predicted molar refractivity (Wildman–Crippen MR) is 108 cm³/mol. The zero-order valence-corrected chi connectivity index (χ0v) is 18.9. The highest BCUT2D eigenvalue weighted by atomic mass is 32.2. The molecule has 148 valence electrons. The predicted octanol–water partition coefficient (Wildman–Crippen LogP) is 5.28. The van der Waals surface area contributed by atoms with Gasteiger partial charge >= 0.3 is 0 Å². The molecule has 26 heavy (non-hydrogen) atoms. The van der Waals surface area contributed by atoms with Crippen LogP contribution in [-0.2, 0) is 18.7 Å². The van der Waals surface area contributed by atoms with Crippen LogP contribution >= 0.6 is 0 Å². The Morgan fingerprint density at radius 2 is 1.65 bits per heavy atom. The van der Waals surface area contributed by atoms with Crippen molar-refractivity contribution in [2.75, 3.05) is 6.61 Å². The van der Waals surface area contributed by atoms with Gasteiger partial charge in [-0.05, 0) is 68.3 Å². The van der Waals surface area contributed by atoms with E-state index in [9.17, 15) is 8.42 Å². The van der Waals surface area contributed by atoms with Crippen molar-refractivity contribution < 1.29 is 17.0 Å². The Bertz CT molecular complexity index is 699. The first-order valence-corrected chi connectivity index (χ1v) is 13.9. The lowest BCUT2D eigenvalue weighted by Crippen LogP contribution is -2.44. The fourth-order valence-electron chi connectivity index (χ4n) is 3.10. The van der Waals surface area contributed by atoms with E-state index in [1.165, 1.54) is 0 Å². The second-order valence-corrected chi connectivity index (χ2v) is 15.4. The van der Waals surface area contributed by atoms with Gasteiger partial charge in [0.1, 0.15) is 0 Å². The van der Waals surface area contributed by atoms with Crippen LogP contribution in [0.25, 0.3) is 0 Å². The summed E-state index contributed by atoms with van der Waals surface area (Å²) in [6.45, 7) is 13.4. The van der Waals surface area contributed by atoms with Gasteiger partial charge in [-0.1, -0.05) is 39.0 Å². The molecule has 1 saturated carbocycles. The molecule has 0 aromatic heterocycles. The summed E-state index contributed by atoms with van der Waals surface area (Å²) in [5.74, 6) is 0.285. The van der Waals surface area contributed by atoms with Crippen LogP contribution in [0.4, 0.5) is 0 Å². The largest absolute Gasteiger partial charge is 0.414 e. The van der Waals surface area contributed by atoms with Crippen molar-refractivity contribution in [3.63, 3.8) is 0 Å². The van der Waals surface area contributed by atoms with E-state index in [4.69, 9.17) is 8.61 Å². The van der Waals surface area contributed by atoms with Gasteiger partial charge in [0.2, 0.25) is 0 Å². The Hall–Kier alpha value is -0.693. The highest BCUT2D eigenvalue weighted by Crippen LogP contribution is 2.39. The van der Waals surface area contributed by atoms with Crippen molar-refractivity contribution in [3.05, 3.63) is 29.8 Å². The second-order valence-electron chi connectivity index (χ2n) is 9.03. The number of rotatable bonds is 6. The van der Waals surface area contributed by atoms with Crippen molar-refractivity contribution in [2.45, 2.75) is 82.5 Å². The van der Waals surface area contributed by atoms with Crippen LogP contribution in [0.2, 0.25) is 18.1 Å². The third-order valence-electron chi connectivity index (χ3n) is 5.88. The molecule has 0 saturated heterocycles. The third kappa shape index (κ3) is 5.41. The molecule has 0 N–H and O–H groups in total. The van der Waals surface area contributed by atoms with E-state index < -0.39 is 18.4 Å². The van der Waals surface area contributed by atoms with Gasteiger partial charge in [0.15, 0.2) is 8.32 Å². The number of hydrogen-bond acceptors (Lipinski definition) is 4. The number of aryl methyl sites for hydroxylation is 1. The van der Waals surface area contributed by atoms with E-state index in [1.54, 1.807) is 25.1 Å². The average Bonchev–Trinajstić information content (AvgIpc) is 2.53. The molecule has 4 nitrogen and oxygen atoms in total. The molecule has 0 amide bonds. The van der Waals surface area contributed by atoms with Crippen molar-refractivity contribution in [1.82, 2.24) is 0 Å². The van der Waals surface area contributed by atoms with E-state index in [1.807, 2.05) is 6.07 Å². The maximum Gasteiger partial charge on any atom is 0.297 e. The highest BCUT2D eigenvalue weighted by Gasteiger charge is 2.39. The van der Waals surface area contributed by atoms with Gasteiger partial charge in [0, 0.05) is 6.10 Å². The Kier molecular flexibility index (Phi) is 6.75. The zero-order chi connectivity index (χ0) is 19.6. The summed E-state index contributed by atoms with van der Waals surface area (Å²) in [5.41, 5.74) is 0.721. The Morgan fingerprint density at radius 1 is 1.08 bits per heavy atom. The van der Waals surface area contributed by atoms with E-state index in [0.29, 0.717) is 6.10 Å². The molecule has 0 atom stereocenters. The van der Waals surface area contributed by atoms with Crippen LogP contribution in [0.3, 0.4) is 0 Å². The summed E-state index contributed by atoms with van der Waals surface area (Å²) >= 11 is 0. The average molecular weight is 399 g/mol. The summed E-state index contributed by atoms with van der Waals surface area (Å²) in [6, 6.07) is 6.96. The Morgan fingerprint density at radius 3 is 2.19 bits per heavy atom. The quantitative estimate of drug-likeness (QED) is 0.483. The lowest BCUT2D eigenvalue weighted by Gasteiger charge is -2.41. The zero-order valence-electron chi connectivity index (χ0n) is 17.0. The van der Waals surface area contributed by atoms with Crippen LogP contribution < -0.4 is 0 Å².